The molecule has 1 aromatic rings. The number of rotatable bonds is 3. The van der Waals surface area contributed by atoms with Gasteiger partial charge in [-0.05, 0) is 27.2 Å². The maximum atomic E-state index is 11.5. The summed E-state index contributed by atoms with van der Waals surface area (Å²) >= 11 is 0. The highest BCUT2D eigenvalue weighted by molar-refractivity contribution is 5.84. The summed E-state index contributed by atoms with van der Waals surface area (Å²) in [7, 11) is 0. The first-order valence-corrected chi connectivity index (χ1v) is 6.43. The van der Waals surface area contributed by atoms with Gasteiger partial charge in [0.2, 0.25) is 0 Å². The number of carbonyl (C=O) groups excluding carboxylic acids is 1. The van der Waals surface area contributed by atoms with Crippen LogP contribution in [-0.4, -0.2) is 34.9 Å². The summed E-state index contributed by atoms with van der Waals surface area (Å²) in [5.74, 6) is 2.69. The number of hydrogen-bond acceptors (Lipinski definition) is 5. The number of hydrogen-bond donors (Lipinski definition) is 1. The number of nitrogens with zero attached hydrogens (tertiary/aromatic N) is 3. The summed E-state index contributed by atoms with van der Waals surface area (Å²) in [5.41, 5.74) is 0. The lowest BCUT2D eigenvalue weighted by Crippen LogP contribution is -2.36. The SMILES string of the molecule is Cc1nc(NC(C)C)cc(N2CCCC(=O)C2)n1. The van der Waals surface area contributed by atoms with Crippen LogP contribution in [0.1, 0.15) is 32.5 Å². The molecule has 0 aromatic carbocycles. The number of Topliss-reactive ketones (excluding diaryl/α,β-unsaturated/α-hetero) is 1. The number of carbonyl (C=O) groups is 1. The van der Waals surface area contributed by atoms with Crippen LogP contribution in [0.2, 0.25) is 0 Å². The topological polar surface area (TPSA) is 58.1 Å². The zero-order valence-electron chi connectivity index (χ0n) is 11.2. The molecule has 1 N–H and O–H groups in total. The van der Waals surface area contributed by atoms with Crippen LogP contribution in [0.3, 0.4) is 0 Å². The van der Waals surface area contributed by atoms with Gasteiger partial charge < -0.3 is 10.2 Å². The minimum Gasteiger partial charge on any atom is -0.368 e. The number of aromatic nitrogens is 2. The predicted octanol–water partition coefficient (Wildman–Crippen LogP) is 1.77. The quantitative estimate of drug-likeness (QED) is 0.883. The van der Waals surface area contributed by atoms with E-state index in [4.69, 9.17) is 0 Å². The first-order valence-electron chi connectivity index (χ1n) is 6.43. The minimum absolute atomic E-state index is 0.288. The summed E-state index contributed by atoms with van der Waals surface area (Å²) < 4.78 is 0. The second kappa shape index (κ2) is 5.33. The number of aryl methyl sites for hydroxylation is 1. The number of nitrogens with one attached hydrogen (secondary N) is 1. The van der Waals surface area contributed by atoms with Gasteiger partial charge in [0, 0.05) is 25.1 Å². The third kappa shape index (κ3) is 3.18. The van der Waals surface area contributed by atoms with E-state index in [1.807, 2.05) is 17.9 Å². The monoisotopic (exact) mass is 248 g/mol. The second-order valence-corrected chi connectivity index (χ2v) is 5.02. The van der Waals surface area contributed by atoms with Crippen LogP contribution in [0.15, 0.2) is 6.07 Å². The molecule has 0 spiro atoms. The molecule has 1 fully saturated rings. The Morgan fingerprint density at radius 2 is 2.17 bits per heavy atom. The molecule has 5 heteroatoms. The van der Waals surface area contributed by atoms with Crippen LogP contribution in [0, 0.1) is 6.92 Å². The third-order valence-electron chi connectivity index (χ3n) is 2.84. The fourth-order valence-corrected chi connectivity index (χ4v) is 2.12. The maximum Gasteiger partial charge on any atom is 0.152 e. The Hall–Kier alpha value is -1.65. The second-order valence-electron chi connectivity index (χ2n) is 5.02. The van der Waals surface area contributed by atoms with Crippen molar-refractivity contribution in [3.63, 3.8) is 0 Å². The highest BCUT2D eigenvalue weighted by Gasteiger charge is 2.19. The normalized spacial score (nSPS) is 16.2. The standard InChI is InChI=1S/C13H20N4O/c1-9(2)14-12-7-13(16-10(3)15-12)17-6-4-5-11(18)8-17/h7,9H,4-6,8H2,1-3H3,(H,14,15,16). The van der Waals surface area contributed by atoms with Crippen LogP contribution >= 0.6 is 0 Å². The molecule has 2 heterocycles. The zero-order valence-corrected chi connectivity index (χ0v) is 11.2. The van der Waals surface area contributed by atoms with Gasteiger partial charge in [0.1, 0.15) is 17.5 Å². The van der Waals surface area contributed by atoms with Gasteiger partial charge in [-0.15, -0.1) is 0 Å². The largest absolute Gasteiger partial charge is 0.368 e. The predicted molar refractivity (Wildman–Crippen MR) is 72.0 cm³/mol. The number of ketones is 1. The fourth-order valence-electron chi connectivity index (χ4n) is 2.12. The van der Waals surface area contributed by atoms with Crippen molar-refractivity contribution in [3.8, 4) is 0 Å². The van der Waals surface area contributed by atoms with E-state index in [9.17, 15) is 4.79 Å². The molecule has 0 amide bonds. The van der Waals surface area contributed by atoms with Crippen molar-refractivity contribution >= 4 is 17.4 Å². The Bertz CT molecular complexity index is 445. The maximum absolute atomic E-state index is 11.5. The van der Waals surface area contributed by atoms with Crippen LogP contribution in [0.4, 0.5) is 11.6 Å². The van der Waals surface area contributed by atoms with Crippen molar-refractivity contribution in [3.05, 3.63) is 11.9 Å². The molecule has 18 heavy (non-hydrogen) atoms. The van der Waals surface area contributed by atoms with Gasteiger partial charge in [-0.2, -0.15) is 0 Å². The number of anilines is 2. The molecule has 1 saturated heterocycles. The Kier molecular flexibility index (Phi) is 3.79. The summed E-state index contributed by atoms with van der Waals surface area (Å²) in [6.45, 7) is 7.38. The van der Waals surface area contributed by atoms with Gasteiger partial charge in [0.25, 0.3) is 0 Å². The van der Waals surface area contributed by atoms with Gasteiger partial charge in [0.05, 0.1) is 6.54 Å². The van der Waals surface area contributed by atoms with E-state index >= 15 is 0 Å². The molecule has 1 aliphatic heterocycles. The molecular formula is C13H20N4O. The fraction of sp³-hybridized carbons (Fsp3) is 0.615. The highest BCUT2D eigenvalue weighted by Crippen LogP contribution is 2.19. The highest BCUT2D eigenvalue weighted by atomic mass is 16.1. The van der Waals surface area contributed by atoms with Crippen molar-refractivity contribution in [1.29, 1.82) is 0 Å². The molecule has 2 rings (SSSR count). The molecule has 0 bridgehead atoms. The van der Waals surface area contributed by atoms with E-state index in [0.717, 1.165) is 30.4 Å². The van der Waals surface area contributed by atoms with E-state index < -0.39 is 0 Å². The Balaban J connectivity index is 2.21. The number of piperidine rings is 1. The average Bonchev–Trinajstić information content (AvgIpc) is 2.27. The molecule has 1 aliphatic rings. The van der Waals surface area contributed by atoms with Crippen LogP contribution in [-0.2, 0) is 4.79 Å². The molecule has 0 radical (unpaired) electrons. The molecule has 0 aliphatic carbocycles. The molecular weight excluding hydrogens is 228 g/mol. The Labute approximate surface area is 108 Å². The lowest BCUT2D eigenvalue weighted by molar-refractivity contribution is -0.118. The van der Waals surface area contributed by atoms with Gasteiger partial charge in [-0.3, -0.25) is 4.79 Å². The first-order chi connectivity index (χ1) is 8.54. The Morgan fingerprint density at radius 1 is 1.39 bits per heavy atom. The molecule has 1 aromatic heterocycles. The summed E-state index contributed by atoms with van der Waals surface area (Å²) in [6, 6.07) is 2.25. The summed E-state index contributed by atoms with van der Waals surface area (Å²) in [6.07, 6.45) is 1.60. The summed E-state index contributed by atoms with van der Waals surface area (Å²) in [5, 5.41) is 3.27. The van der Waals surface area contributed by atoms with Crippen molar-refractivity contribution in [2.75, 3.05) is 23.3 Å². The van der Waals surface area contributed by atoms with Crippen LogP contribution in [0.5, 0.6) is 0 Å². The average molecular weight is 248 g/mol. The third-order valence-corrected chi connectivity index (χ3v) is 2.84. The van der Waals surface area contributed by atoms with Gasteiger partial charge in [-0.25, -0.2) is 9.97 Å². The zero-order chi connectivity index (χ0) is 13.1. The molecule has 0 atom stereocenters. The lowest BCUT2D eigenvalue weighted by Gasteiger charge is -2.27. The van der Waals surface area contributed by atoms with E-state index in [2.05, 4.69) is 29.1 Å². The molecule has 0 saturated carbocycles. The van der Waals surface area contributed by atoms with Crippen LogP contribution in [0.25, 0.3) is 0 Å². The first kappa shape index (κ1) is 12.8. The van der Waals surface area contributed by atoms with Crippen molar-refractivity contribution in [2.24, 2.45) is 0 Å². The van der Waals surface area contributed by atoms with Gasteiger partial charge >= 0.3 is 0 Å². The van der Waals surface area contributed by atoms with Crippen molar-refractivity contribution < 1.29 is 4.79 Å². The van der Waals surface area contributed by atoms with E-state index in [1.165, 1.54) is 0 Å². The smallest absolute Gasteiger partial charge is 0.152 e. The lowest BCUT2D eigenvalue weighted by atomic mass is 10.1. The Morgan fingerprint density at radius 3 is 2.83 bits per heavy atom. The minimum atomic E-state index is 0.288. The van der Waals surface area contributed by atoms with E-state index in [1.54, 1.807) is 0 Å². The van der Waals surface area contributed by atoms with E-state index in [0.29, 0.717) is 19.0 Å². The summed E-state index contributed by atoms with van der Waals surface area (Å²) in [4.78, 5) is 22.3. The van der Waals surface area contributed by atoms with Gasteiger partial charge in [-0.1, -0.05) is 0 Å². The van der Waals surface area contributed by atoms with Crippen molar-refractivity contribution in [1.82, 2.24) is 9.97 Å². The van der Waals surface area contributed by atoms with Gasteiger partial charge in [0.15, 0.2) is 5.78 Å². The van der Waals surface area contributed by atoms with E-state index in [-0.39, 0.29) is 5.78 Å². The van der Waals surface area contributed by atoms with Crippen molar-refractivity contribution in [2.45, 2.75) is 39.7 Å². The molecule has 98 valence electrons. The molecule has 5 nitrogen and oxygen atoms in total. The van der Waals surface area contributed by atoms with Crippen LogP contribution < -0.4 is 10.2 Å². The molecule has 0 unspecified atom stereocenters.